The van der Waals surface area contributed by atoms with Gasteiger partial charge in [-0.05, 0) is 13.8 Å². The van der Waals surface area contributed by atoms with Crippen molar-refractivity contribution in [3.8, 4) is 0 Å². The predicted molar refractivity (Wildman–Crippen MR) is 76.9 cm³/mol. The van der Waals surface area contributed by atoms with E-state index in [1.54, 1.807) is 13.8 Å². The number of aromatic amines is 2. The van der Waals surface area contributed by atoms with Gasteiger partial charge in [-0.15, -0.1) is 0 Å². The molecule has 0 aliphatic carbocycles. The Morgan fingerprint density at radius 3 is 1.43 bits per heavy atom. The van der Waals surface area contributed by atoms with E-state index < -0.39 is 22.5 Å². The molecule has 21 heavy (non-hydrogen) atoms. The van der Waals surface area contributed by atoms with E-state index in [-0.39, 0.29) is 6.42 Å². The molecule has 8 heteroatoms. The number of aromatic nitrogens is 4. The maximum Gasteiger partial charge on any atom is 0.328 e. The number of H-pyrrole nitrogens is 2. The number of hydrogen-bond acceptors (Lipinski definition) is 4. The molecule has 0 fully saturated rings. The van der Waals surface area contributed by atoms with E-state index in [2.05, 4.69) is 9.97 Å². The Hall–Kier alpha value is -2.64. The molecule has 2 rings (SSSR count). The molecule has 0 bridgehead atoms. The third-order valence-corrected chi connectivity index (χ3v) is 3.58. The first-order valence-corrected chi connectivity index (χ1v) is 6.31. The van der Waals surface area contributed by atoms with E-state index in [4.69, 9.17) is 0 Å². The Kier molecular flexibility index (Phi) is 3.54. The van der Waals surface area contributed by atoms with E-state index in [0.717, 1.165) is 9.13 Å². The molecule has 0 radical (unpaired) electrons. The number of nitrogens with zero attached hydrogens (tertiary/aromatic N) is 2. The molecule has 2 N–H and O–H groups in total. The summed E-state index contributed by atoms with van der Waals surface area (Å²) in [7, 11) is 2.73. The number of hydrogen-bond donors (Lipinski definition) is 2. The highest BCUT2D eigenvalue weighted by Gasteiger charge is 2.15. The van der Waals surface area contributed by atoms with Gasteiger partial charge in [0.05, 0.1) is 0 Å². The van der Waals surface area contributed by atoms with E-state index >= 15 is 0 Å². The molecule has 0 unspecified atom stereocenters. The summed E-state index contributed by atoms with van der Waals surface area (Å²) >= 11 is 0. The minimum Gasteiger partial charge on any atom is -0.311 e. The van der Waals surface area contributed by atoms with Gasteiger partial charge >= 0.3 is 11.4 Å². The van der Waals surface area contributed by atoms with E-state index in [1.807, 2.05) is 0 Å². The molecule has 2 aromatic rings. The van der Waals surface area contributed by atoms with Gasteiger partial charge in [0, 0.05) is 43.0 Å². The van der Waals surface area contributed by atoms with Gasteiger partial charge in [0.15, 0.2) is 0 Å². The van der Waals surface area contributed by atoms with Gasteiger partial charge in [-0.2, -0.15) is 0 Å². The first-order valence-electron chi connectivity index (χ1n) is 6.31. The second-order valence-electron chi connectivity index (χ2n) is 4.97. The Balaban J connectivity index is 2.71. The molecule has 0 amide bonds. The first kappa shape index (κ1) is 14.8. The Morgan fingerprint density at radius 2 is 1.10 bits per heavy atom. The van der Waals surface area contributed by atoms with Crippen molar-refractivity contribution in [1.29, 1.82) is 0 Å². The van der Waals surface area contributed by atoms with Crippen LogP contribution in [0.2, 0.25) is 0 Å². The van der Waals surface area contributed by atoms with Crippen LogP contribution in [0.5, 0.6) is 0 Å². The Morgan fingerprint density at radius 1 is 0.762 bits per heavy atom. The molecule has 0 aliphatic rings. The highest BCUT2D eigenvalue weighted by Crippen LogP contribution is 2.05. The average Bonchev–Trinajstić information content (AvgIpc) is 2.42. The summed E-state index contributed by atoms with van der Waals surface area (Å²) in [6, 6.07) is 0. The van der Waals surface area contributed by atoms with Crippen LogP contribution in [-0.2, 0) is 20.5 Å². The fourth-order valence-electron chi connectivity index (χ4n) is 2.14. The normalized spacial score (nSPS) is 10.9. The Bertz CT molecular complexity index is 865. The monoisotopic (exact) mass is 292 g/mol. The molecule has 2 heterocycles. The van der Waals surface area contributed by atoms with Gasteiger partial charge in [0.1, 0.15) is 0 Å². The van der Waals surface area contributed by atoms with Crippen molar-refractivity contribution in [2.75, 3.05) is 0 Å². The molecular formula is C13H16N4O4. The summed E-state index contributed by atoms with van der Waals surface area (Å²) in [4.78, 5) is 52.4. The number of aryl methyl sites for hydroxylation is 2. The molecule has 0 spiro atoms. The van der Waals surface area contributed by atoms with Crippen LogP contribution in [0.4, 0.5) is 0 Å². The zero-order chi connectivity index (χ0) is 15.9. The van der Waals surface area contributed by atoms with Crippen LogP contribution in [0.3, 0.4) is 0 Å². The second-order valence-corrected chi connectivity index (χ2v) is 4.97. The standard InChI is InChI=1S/C13H16N4O4/c1-6-8(10(18)16(3)12(20)14-6)5-9-7(2)15-13(21)17(4)11(9)19/h5H2,1-4H3,(H,14,20)(H,15,21). The maximum absolute atomic E-state index is 12.2. The van der Waals surface area contributed by atoms with Crippen LogP contribution in [0, 0.1) is 13.8 Å². The fourth-order valence-corrected chi connectivity index (χ4v) is 2.14. The molecule has 0 atom stereocenters. The molecular weight excluding hydrogens is 276 g/mol. The van der Waals surface area contributed by atoms with Gasteiger partial charge in [0.25, 0.3) is 11.1 Å². The van der Waals surface area contributed by atoms with Crippen molar-refractivity contribution in [1.82, 2.24) is 19.1 Å². The van der Waals surface area contributed by atoms with Crippen molar-refractivity contribution in [2.45, 2.75) is 20.3 Å². The minimum absolute atomic E-state index is 0.0462. The summed E-state index contributed by atoms with van der Waals surface area (Å²) < 4.78 is 1.90. The molecule has 0 saturated carbocycles. The number of nitrogens with one attached hydrogen (secondary N) is 2. The fraction of sp³-hybridized carbons (Fsp3) is 0.385. The van der Waals surface area contributed by atoms with Crippen LogP contribution in [0.15, 0.2) is 19.2 Å². The molecule has 0 aliphatic heterocycles. The molecule has 2 aromatic heterocycles. The first-order chi connectivity index (χ1) is 9.73. The van der Waals surface area contributed by atoms with Crippen LogP contribution in [0.25, 0.3) is 0 Å². The van der Waals surface area contributed by atoms with Crippen molar-refractivity contribution in [3.63, 3.8) is 0 Å². The lowest BCUT2D eigenvalue weighted by Gasteiger charge is -2.09. The highest BCUT2D eigenvalue weighted by atomic mass is 16.2. The lowest BCUT2D eigenvalue weighted by atomic mass is 10.1. The quantitative estimate of drug-likeness (QED) is 0.714. The summed E-state index contributed by atoms with van der Waals surface area (Å²) in [6.45, 7) is 3.20. The predicted octanol–water partition coefficient (Wildman–Crippen LogP) is -1.33. The minimum atomic E-state index is -0.507. The zero-order valence-corrected chi connectivity index (χ0v) is 12.2. The topological polar surface area (TPSA) is 110 Å². The van der Waals surface area contributed by atoms with Gasteiger partial charge < -0.3 is 9.97 Å². The van der Waals surface area contributed by atoms with Crippen LogP contribution in [-0.4, -0.2) is 19.1 Å². The molecule has 0 aromatic carbocycles. The smallest absolute Gasteiger partial charge is 0.311 e. The van der Waals surface area contributed by atoms with E-state index in [9.17, 15) is 19.2 Å². The van der Waals surface area contributed by atoms with Gasteiger partial charge in [-0.3, -0.25) is 18.7 Å². The lowest BCUT2D eigenvalue weighted by Crippen LogP contribution is -2.39. The van der Waals surface area contributed by atoms with Crippen molar-refractivity contribution >= 4 is 0 Å². The average molecular weight is 292 g/mol. The maximum atomic E-state index is 12.2. The summed E-state index contributed by atoms with van der Waals surface area (Å²) in [5.74, 6) is 0. The molecule has 112 valence electrons. The molecule has 8 nitrogen and oxygen atoms in total. The second kappa shape index (κ2) is 5.04. The van der Waals surface area contributed by atoms with E-state index in [0.29, 0.717) is 22.5 Å². The van der Waals surface area contributed by atoms with Crippen molar-refractivity contribution in [2.24, 2.45) is 14.1 Å². The zero-order valence-electron chi connectivity index (χ0n) is 12.2. The van der Waals surface area contributed by atoms with Crippen molar-refractivity contribution < 1.29 is 0 Å². The van der Waals surface area contributed by atoms with Gasteiger partial charge in [-0.1, -0.05) is 0 Å². The Labute approximate surface area is 118 Å². The molecule has 0 saturated heterocycles. The van der Waals surface area contributed by atoms with Gasteiger partial charge in [0.2, 0.25) is 0 Å². The third-order valence-electron chi connectivity index (χ3n) is 3.58. The summed E-state index contributed by atoms with van der Waals surface area (Å²) in [5.41, 5.74) is -0.451. The summed E-state index contributed by atoms with van der Waals surface area (Å²) in [5, 5.41) is 0. The SMILES string of the molecule is Cc1[nH]c(=O)n(C)c(=O)c1Cc1c(C)[nH]c(=O)n(C)c1=O. The van der Waals surface area contributed by atoms with Gasteiger partial charge in [-0.25, -0.2) is 9.59 Å². The van der Waals surface area contributed by atoms with Crippen LogP contribution in [0.1, 0.15) is 22.5 Å². The van der Waals surface area contributed by atoms with E-state index in [1.165, 1.54) is 14.1 Å². The number of rotatable bonds is 2. The van der Waals surface area contributed by atoms with Crippen LogP contribution < -0.4 is 22.5 Å². The lowest BCUT2D eigenvalue weighted by molar-refractivity contribution is 0.725. The highest BCUT2D eigenvalue weighted by molar-refractivity contribution is 5.27. The van der Waals surface area contributed by atoms with Crippen molar-refractivity contribution in [3.05, 3.63) is 64.2 Å². The largest absolute Gasteiger partial charge is 0.328 e. The third kappa shape index (κ3) is 2.39. The van der Waals surface area contributed by atoms with Crippen LogP contribution >= 0.6 is 0 Å². The summed E-state index contributed by atoms with van der Waals surface area (Å²) in [6.07, 6.45) is 0.0462.